The molecule has 0 heterocycles. The molecule has 0 aliphatic carbocycles. The third-order valence-electron chi connectivity index (χ3n) is 2.81. The Balaban J connectivity index is 2.61. The van der Waals surface area contributed by atoms with Gasteiger partial charge in [0.15, 0.2) is 6.61 Å². The van der Waals surface area contributed by atoms with Gasteiger partial charge in [0.1, 0.15) is 5.75 Å². The third kappa shape index (κ3) is 4.40. The van der Waals surface area contributed by atoms with E-state index in [-0.39, 0.29) is 12.5 Å². The van der Waals surface area contributed by atoms with Crippen LogP contribution in [0.4, 0.5) is 0 Å². The number of carbonyl (C=O) groups excluding carboxylic acids is 1. The van der Waals surface area contributed by atoms with Gasteiger partial charge in [-0.25, -0.2) is 0 Å². The summed E-state index contributed by atoms with van der Waals surface area (Å²) in [5, 5.41) is 2.80. The molecule has 0 saturated carbocycles. The Morgan fingerprint density at radius 3 is 2.72 bits per heavy atom. The number of rotatable bonds is 6. The molecule has 18 heavy (non-hydrogen) atoms. The molecule has 1 rings (SSSR count). The fourth-order valence-electron chi connectivity index (χ4n) is 1.59. The van der Waals surface area contributed by atoms with Gasteiger partial charge in [0.25, 0.3) is 5.91 Å². The van der Waals surface area contributed by atoms with Gasteiger partial charge in [-0.3, -0.25) is 4.79 Å². The summed E-state index contributed by atoms with van der Waals surface area (Å²) in [5.41, 5.74) is 2.28. The maximum atomic E-state index is 11.5. The van der Waals surface area contributed by atoms with Crippen molar-refractivity contribution in [2.24, 2.45) is 0 Å². The van der Waals surface area contributed by atoms with Gasteiger partial charge in [-0.15, -0.1) is 0 Å². The Morgan fingerprint density at radius 2 is 2.11 bits per heavy atom. The molecule has 0 saturated heterocycles. The van der Waals surface area contributed by atoms with E-state index in [2.05, 4.69) is 25.2 Å². The molecule has 3 heteroatoms. The Kier molecular flexibility index (Phi) is 5.69. The van der Waals surface area contributed by atoms with Crippen molar-refractivity contribution >= 4 is 5.91 Å². The SMILES string of the molecule is CCCNC(=O)COc1cc(C(C)C)ccc1C. The lowest BCUT2D eigenvalue weighted by molar-refractivity contribution is -0.123. The van der Waals surface area contributed by atoms with E-state index in [1.54, 1.807) is 0 Å². The maximum absolute atomic E-state index is 11.5. The van der Waals surface area contributed by atoms with Crippen LogP contribution in [0.5, 0.6) is 5.75 Å². The van der Waals surface area contributed by atoms with Crippen molar-refractivity contribution in [1.29, 1.82) is 0 Å². The molecular weight excluding hydrogens is 226 g/mol. The Labute approximate surface area is 110 Å². The molecule has 0 aromatic heterocycles. The lowest BCUT2D eigenvalue weighted by atomic mass is 10.0. The molecule has 100 valence electrons. The monoisotopic (exact) mass is 249 g/mol. The van der Waals surface area contributed by atoms with Gasteiger partial charge in [0, 0.05) is 6.54 Å². The second-order valence-corrected chi connectivity index (χ2v) is 4.82. The predicted molar refractivity (Wildman–Crippen MR) is 74.1 cm³/mol. The van der Waals surface area contributed by atoms with Crippen molar-refractivity contribution in [3.63, 3.8) is 0 Å². The van der Waals surface area contributed by atoms with Crippen molar-refractivity contribution < 1.29 is 9.53 Å². The lowest BCUT2D eigenvalue weighted by Crippen LogP contribution is -2.29. The van der Waals surface area contributed by atoms with Crippen LogP contribution in [-0.4, -0.2) is 19.1 Å². The Morgan fingerprint density at radius 1 is 1.39 bits per heavy atom. The number of ether oxygens (including phenoxy) is 1. The molecule has 0 atom stereocenters. The molecule has 0 spiro atoms. The predicted octanol–water partition coefficient (Wildman–Crippen LogP) is 3.02. The lowest BCUT2D eigenvalue weighted by Gasteiger charge is -2.12. The number of hydrogen-bond donors (Lipinski definition) is 1. The van der Waals surface area contributed by atoms with E-state index in [1.807, 2.05) is 26.0 Å². The summed E-state index contributed by atoms with van der Waals surface area (Å²) in [5.74, 6) is 1.20. The first-order valence-electron chi connectivity index (χ1n) is 6.54. The van der Waals surface area contributed by atoms with Crippen LogP contribution in [0.3, 0.4) is 0 Å². The highest BCUT2D eigenvalue weighted by molar-refractivity contribution is 5.77. The fraction of sp³-hybridized carbons (Fsp3) is 0.533. The molecule has 0 aliphatic heterocycles. The normalized spacial score (nSPS) is 10.5. The molecule has 0 aliphatic rings. The van der Waals surface area contributed by atoms with Crippen molar-refractivity contribution in [2.75, 3.05) is 13.2 Å². The van der Waals surface area contributed by atoms with Crippen LogP contribution in [-0.2, 0) is 4.79 Å². The molecule has 1 N–H and O–H groups in total. The standard InChI is InChI=1S/C15H23NO2/c1-5-8-16-15(17)10-18-14-9-13(11(2)3)7-6-12(14)4/h6-7,9,11H,5,8,10H2,1-4H3,(H,16,17). The van der Waals surface area contributed by atoms with Gasteiger partial charge in [0.05, 0.1) is 0 Å². The highest BCUT2D eigenvalue weighted by Gasteiger charge is 2.07. The molecule has 0 fully saturated rings. The first-order valence-corrected chi connectivity index (χ1v) is 6.54. The van der Waals surface area contributed by atoms with Gasteiger partial charge >= 0.3 is 0 Å². The molecular formula is C15H23NO2. The van der Waals surface area contributed by atoms with Crippen LogP contribution in [0.1, 0.15) is 44.2 Å². The first kappa shape index (κ1) is 14.6. The number of amides is 1. The topological polar surface area (TPSA) is 38.3 Å². The summed E-state index contributed by atoms with van der Waals surface area (Å²) < 4.78 is 5.57. The van der Waals surface area contributed by atoms with E-state index in [1.165, 1.54) is 5.56 Å². The number of benzene rings is 1. The van der Waals surface area contributed by atoms with Gasteiger partial charge in [-0.1, -0.05) is 32.9 Å². The first-order chi connectivity index (χ1) is 8.54. The highest BCUT2D eigenvalue weighted by Crippen LogP contribution is 2.24. The minimum atomic E-state index is -0.0637. The molecule has 1 aromatic rings. The molecule has 0 unspecified atom stereocenters. The summed E-state index contributed by atoms with van der Waals surface area (Å²) in [4.78, 5) is 11.5. The maximum Gasteiger partial charge on any atom is 0.257 e. The second-order valence-electron chi connectivity index (χ2n) is 4.82. The Bertz CT molecular complexity index is 399. The molecule has 1 aromatic carbocycles. The summed E-state index contributed by atoms with van der Waals surface area (Å²) in [6, 6.07) is 6.16. The van der Waals surface area contributed by atoms with Gasteiger partial charge in [-0.05, 0) is 36.5 Å². The zero-order valence-corrected chi connectivity index (χ0v) is 11.7. The third-order valence-corrected chi connectivity index (χ3v) is 2.81. The zero-order valence-electron chi connectivity index (χ0n) is 11.7. The van der Waals surface area contributed by atoms with Crippen LogP contribution in [0, 0.1) is 6.92 Å². The van der Waals surface area contributed by atoms with Crippen LogP contribution in [0.2, 0.25) is 0 Å². The van der Waals surface area contributed by atoms with Crippen molar-refractivity contribution in [1.82, 2.24) is 5.32 Å². The molecule has 0 radical (unpaired) electrons. The van der Waals surface area contributed by atoms with E-state index in [9.17, 15) is 4.79 Å². The minimum absolute atomic E-state index is 0.0637. The van der Waals surface area contributed by atoms with E-state index in [0.717, 1.165) is 17.7 Å². The molecule has 0 bridgehead atoms. The second kappa shape index (κ2) is 7.04. The smallest absolute Gasteiger partial charge is 0.257 e. The van der Waals surface area contributed by atoms with Crippen molar-refractivity contribution in [3.05, 3.63) is 29.3 Å². The largest absolute Gasteiger partial charge is 0.483 e. The average molecular weight is 249 g/mol. The van der Waals surface area contributed by atoms with E-state index in [0.29, 0.717) is 12.5 Å². The van der Waals surface area contributed by atoms with Crippen molar-refractivity contribution in [3.8, 4) is 5.75 Å². The summed E-state index contributed by atoms with van der Waals surface area (Å²) in [6.45, 7) is 9.08. The summed E-state index contributed by atoms with van der Waals surface area (Å²) in [7, 11) is 0. The summed E-state index contributed by atoms with van der Waals surface area (Å²) in [6.07, 6.45) is 0.938. The van der Waals surface area contributed by atoms with E-state index >= 15 is 0 Å². The number of aryl methyl sites for hydroxylation is 1. The highest BCUT2D eigenvalue weighted by atomic mass is 16.5. The van der Waals surface area contributed by atoms with Crippen LogP contribution >= 0.6 is 0 Å². The Hall–Kier alpha value is -1.51. The zero-order chi connectivity index (χ0) is 13.5. The molecule has 1 amide bonds. The minimum Gasteiger partial charge on any atom is -0.483 e. The van der Waals surface area contributed by atoms with Crippen LogP contribution in [0.15, 0.2) is 18.2 Å². The number of nitrogens with one attached hydrogen (secondary N) is 1. The average Bonchev–Trinajstić information content (AvgIpc) is 2.35. The molecule has 3 nitrogen and oxygen atoms in total. The van der Waals surface area contributed by atoms with Gasteiger partial charge in [0.2, 0.25) is 0 Å². The van der Waals surface area contributed by atoms with Crippen LogP contribution < -0.4 is 10.1 Å². The quantitative estimate of drug-likeness (QED) is 0.841. The van der Waals surface area contributed by atoms with Crippen LogP contribution in [0.25, 0.3) is 0 Å². The van der Waals surface area contributed by atoms with Crippen molar-refractivity contribution in [2.45, 2.75) is 40.0 Å². The van der Waals surface area contributed by atoms with Gasteiger partial charge < -0.3 is 10.1 Å². The number of carbonyl (C=O) groups is 1. The summed E-state index contributed by atoms with van der Waals surface area (Å²) >= 11 is 0. The van der Waals surface area contributed by atoms with Gasteiger partial charge in [-0.2, -0.15) is 0 Å². The number of hydrogen-bond acceptors (Lipinski definition) is 2. The van der Waals surface area contributed by atoms with E-state index in [4.69, 9.17) is 4.74 Å². The fourth-order valence-corrected chi connectivity index (χ4v) is 1.59. The van der Waals surface area contributed by atoms with E-state index < -0.39 is 0 Å².